The van der Waals surface area contributed by atoms with Gasteiger partial charge in [0.05, 0.1) is 12.7 Å². The normalized spacial score (nSPS) is 27.1. The molecule has 68 valence electrons. The predicted molar refractivity (Wildman–Crippen MR) is 44.8 cm³/mol. The fraction of sp³-hybridized carbons (Fsp3) is 0.714. The van der Waals surface area contributed by atoms with Gasteiger partial charge in [-0.2, -0.15) is 5.10 Å². The molecule has 5 nitrogen and oxygen atoms in total. The first kappa shape index (κ1) is 8.99. The summed E-state index contributed by atoms with van der Waals surface area (Å²) in [6.45, 7) is 2.64. The molecule has 1 atom stereocenters. The van der Waals surface area contributed by atoms with Gasteiger partial charge in [0, 0.05) is 18.6 Å². The van der Waals surface area contributed by atoms with Gasteiger partial charge in [0.25, 0.3) is 0 Å². The number of hydrogen-bond acceptors (Lipinski definition) is 3. The number of nitrogens with zero attached hydrogens (tertiary/aromatic N) is 1. The van der Waals surface area contributed by atoms with E-state index in [2.05, 4.69) is 10.5 Å². The van der Waals surface area contributed by atoms with Gasteiger partial charge in [-0.05, 0) is 6.92 Å². The van der Waals surface area contributed by atoms with E-state index in [4.69, 9.17) is 10.5 Å². The van der Waals surface area contributed by atoms with E-state index in [1.807, 2.05) is 6.92 Å². The van der Waals surface area contributed by atoms with Crippen LogP contribution in [-0.2, 0) is 4.74 Å². The number of ether oxygens (including phenoxy) is 1. The van der Waals surface area contributed by atoms with E-state index in [1.54, 1.807) is 0 Å². The molecule has 0 bridgehead atoms. The molecule has 12 heavy (non-hydrogen) atoms. The third kappa shape index (κ3) is 2.87. The van der Waals surface area contributed by atoms with Crippen LogP contribution >= 0.6 is 0 Å². The van der Waals surface area contributed by atoms with Crippen LogP contribution in [0.4, 0.5) is 4.79 Å². The number of primary amides is 1. The molecule has 1 heterocycles. The number of urea groups is 1. The number of amides is 2. The number of rotatable bonds is 1. The Morgan fingerprint density at radius 2 is 2.58 bits per heavy atom. The maximum absolute atomic E-state index is 10.3. The topological polar surface area (TPSA) is 76.7 Å². The largest absolute Gasteiger partial charge is 0.378 e. The van der Waals surface area contributed by atoms with Crippen molar-refractivity contribution in [2.75, 3.05) is 6.61 Å². The zero-order chi connectivity index (χ0) is 8.97. The highest BCUT2D eigenvalue weighted by atomic mass is 16.5. The molecule has 0 aliphatic carbocycles. The third-order valence-electron chi connectivity index (χ3n) is 1.64. The summed E-state index contributed by atoms with van der Waals surface area (Å²) < 4.78 is 5.29. The van der Waals surface area contributed by atoms with Crippen LogP contribution in [0.3, 0.4) is 0 Å². The maximum atomic E-state index is 10.3. The quantitative estimate of drug-likeness (QED) is 0.553. The monoisotopic (exact) mass is 171 g/mol. The molecule has 0 aromatic rings. The van der Waals surface area contributed by atoms with Crippen molar-refractivity contribution in [2.24, 2.45) is 10.8 Å². The van der Waals surface area contributed by atoms with Gasteiger partial charge in [-0.15, -0.1) is 0 Å². The van der Waals surface area contributed by atoms with Crippen LogP contribution in [0.1, 0.15) is 19.8 Å². The van der Waals surface area contributed by atoms with Crippen molar-refractivity contribution >= 4 is 11.7 Å². The molecule has 0 radical (unpaired) electrons. The SMILES string of the molecule is CC1CC(=NNC(N)=O)CCO1. The van der Waals surface area contributed by atoms with E-state index in [-0.39, 0.29) is 6.10 Å². The highest BCUT2D eigenvalue weighted by molar-refractivity contribution is 5.86. The Kier molecular flexibility index (Phi) is 3.04. The lowest BCUT2D eigenvalue weighted by Crippen LogP contribution is -2.29. The van der Waals surface area contributed by atoms with E-state index in [9.17, 15) is 4.79 Å². The second kappa shape index (κ2) is 4.06. The van der Waals surface area contributed by atoms with Crippen LogP contribution in [0.2, 0.25) is 0 Å². The van der Waals surface area contributed by atoms with Gasteiger partial charge in [0.1, 0.15) is 0 Å². The Morgan fingerprint density at radius 1 is 1.83 bits per heavy atom. The number of carbonyl (C=O) groups is 1. The summed E-state index contributed by atoms with van der Waals surface area (Å²) in [6, 6.07) is -0.623. The van der Waals surface area contributed by atoms with E-state index in [0.29, 0.717) is 6.61 Å². The average Bonchev–Trinajstić information content (AvgIpc) is 2.01. The summed E-state index contributed by atoms with van der Waals surface area (Å²) in [7, 11) is 0. The van der Waals surface area contributed by atoms with Crippen molar-refractivity contribution in [3.05, 3.63) is 0 Å². The molecule has 0 aromatic carbocycles. The molecular formula is C7H13N3O2. The Balaban J connectivity index is 2.39. The summed E-state index contributed by atoms with van der Waals surface area (Å²) in [5.74, 6) is 0. The fourth-order valence-corrected chi connectivity index (χ4v) is 1.11. The third-order valence-corrected chi connectivity index (χ3v) is 1.64. The highest BCUT2D eigenvalue weighted by Gasteiger charge is 2.14. The molecule has 0 spiro atoms. The Morgan fingerprint density at radius 3 is 3.17 bits per heavy atom. The Labute approximate surface area is 71.0 Å². The molecule has 0 aromatic heterocycles. The summed E-state index contributed by atoms with van der Waals surface area (Å²) in [5, 5.41) is 3.85. The first-order valence-corrected chi connectivity index (χ1v) is 3.91. The number of nitrogens with two attached hydrogens (primary N) is 1. The smallest absolute Gasteiger partial charge is 0.332 e. The summed E-state index contributed by atoms with van der Waals surface area (Å²) in [6.07, 6.45) is 1.72. The summed E-state index contributed by atoms with van der Waals surface area (Å²) in [5.41, 5.74) is 8.00. The standard InChI is InChI=1S/C7H13N3O2/c1-5-4-6(2-3-12-5)9-10-7(8)11/h5H,2-4H2,1H3,(H3,8,10,11). The zero-order valence-corrected chi connectivity index (χ0v) is 7.04. The van der Waals surface area contributed by atoms with Gasteiger partial charge >= 0.3 is 6.03 Å². The van der Waals surface area contributed by atoms with E-state index in [1.165, 1.54) is 0 Å². The van der Waals surface area contributed by atoms with E-state index < -0.39 is 6.03 Å². The van der Waals surface area contributed by atoms with Gasteiger partial charge in [0.2, 0.25) is 0 Å². The molecule has 1 saturated heterocycles. The van der Waals surface area contributed by atoms with Crippen molar-refractivity contribution in [1.29, 1.82) is 0 Å². The molecule has 1 aliphatic heterocycles. The predicted octanol–water partition coefficient (Wildman–Crippen LogP) is 0.210. The van der Waals surface area contributed by atoms with Crippen LogP contribution in [0.5, 0.6) is 0 Å². The van der Waals surface area contributed by atoms with Gasteiger partial charge in [0.15, 0.2) is 0 Å². The molecule has 1 rings (SSSR count). The molecule has 3 N–H and O–H groups in total. The summed E-state index contributed by atoms with van der Waals surface area (Å²) in [4.78, 5) is 10.3. The lowest BCUT2D eigenvalue weighted by Gasteiger charge is -2.19. The number of hydrazone groups is 1. The lowest BCUT2D eigenvalue weighted by molar-refractivity contribution is 0.0631. The van der Waals surface area contributed by atoms with Crippen LogP contribution in [0, 0.1) is 0 Å². The average molecular weight is 171 g/mol. The first-order valence-electron chi connectivity index (χ1n) is 3.91. The molecule has 1 unspecified atom stereocenters. The van der Waals surface area contributed by atoms with Crippen molar-refractivity contribution in [3.8, 4) is 0 Å². The van der Waals surface area contributed by atoms with Crippen molar-refractivity contribution in [1.82, 2.24) is 5.43 Å². The molecule has 0 saturated carbocycles. The minimum atomic E-state index is -0.623. The lowest BCUT2D eigenvalue weighted by atomic mass is 10.1. The molecule has 1 aliphatic rings. The van der Waals surface area contributed by atoms with Crippen molar-refractivity contribution in [3.63, 3.8) is 0 Å². The van der Waals surface area contributed by atoms with Crippen LogP contribution < -0.4 is 11.2 Å². The zero-order valence-electron chi connectivity index (χ0n) is 7.04. The first-order chi connectivity index (χ1) is 5.68. The van der Waals surface area contributed by atoms with Crippen LogP contribution in [0.25, 0.3) is 0 Å². The molecule has 5 heteroatoms. The Bertz CT molecular complexity index is 203. The fourth-order valence-electron chi connectivity index (χ4n) is 1.11. The van der Waals surface area contributed by atoms with Crippen molar-refractivity contribution < 1.29 is 9.53 Å². The number of hydrogen-bond donors (Lipinski definition) is 2. The van der Waals surface area contributed by atoms with Crippen LogP contribution in [-0.4, -0.2) is 24.5 Å². The van der Waals surface area contributed by atoms with Gasteiger partial charge < -0.3 is 10.5 Å². The van der Waals surface area contributed by atoms with E-state index in [0.717, 1.165) is 18.6 Å². The Hall–Kier alpha value is -1.10. The maximum Gasteiger partial charge on any atom is 0.332 e. The number of nitrogens with one attached hydrogen (secondary N) is 1. The van der Waals surface area contributed by atoms with Gasteiger partial charge in [-0.25, -0.2) is 10.2 Å². The van der Waals surface area contributed by atoms with Gasteiger partial charge in [-0.3, -0.25) is 0 Å². The minimum Gasteiger partial charge on any atom is -0.378 e. The second-order valence-corrected chi connectivity index (χ2v) is 2.79. The van der Waals surface area contributed by atoms with Gasteiger partial charge in [-0.1, -0.05) is 0 Å². The molecule has 1 fully saturated rings. The second-order valence-electron chi connectivity index (χ2n) is 2.79. The molecule has 2 amide bonds. The minimum absolute atomic E-state index is 0.187. The van der Waals surface area contributed by atoms with E-state index >= 15 is 0 Å². The van der Waals surface area contributed by atoms with Crippen LogP contribution in [0.15, 0.2) is 5.10 Å². The highest BCUT2D eigenvalue weighted by Crippen LogP contribution is 2.09. The number of carbonyl (C=O) groups excluding carboxylic acids is 1. The summed E-state index contributed by atoms with van der Waals surface area (Å²) >= 11 is 0. The van der Waals surface area contributed by atoms with Crippen molar-refractivity contribution in [2.45, 2.75) is 25.9 Å². The molecular weight excluding hydrogens is 158 g/mol.